The monoisotopic (exact) mass is 359 g/mol. The van der Waals surface area contributed by atoms with Crippen LogP contribution in [-0.2, 0) is 0 Å². The number of hydrogen-bond acceptors (Lipinski definition) is 5. The fourth-order valence-corrected chi connectivity index (χ4v) is 3.17. The van der Waals surface area contributed by atoms with Crippen molar-refractivity contribution < 1.29 is 5.11 Å². The largest absolute Gasteiger partial charge is 0.394 e. The lowest BCUT2D eigenvalue weighted by molar-refractivity contribution is 0.276. The summed E-state index contributed by atoms with van der Waals surface area (Å²) in [6.07, 6.45) is 3.41. The van der Waals surface area contributed by atoms with Crippen LogP contribution in [0.3, 0.4) is 0 Å². The molecule has 0 fully saturated rings. The number of rotatable bonds is 5. The average Bonchev–Trinajstić information content (AvgIpc) is 3.07. The summed E-state index contributed by atoms with van der Waals surface area (Å²) in [7, 11) is 0. The number of aromatic nitrogens is 4. The second kappa shape index (κ2) is 7.17. The Kier molecular flexibility index (Phi) is 4.56. The molecule has 2 heterocycles. The molecule has 0 saturated carbocycles. The van der Waals surface area contributed by atoms with Crippen LogP contribution < -0.4 is 5.32 Å². The zero-order chi connectivity index (χ0) is 18.8. The quantitative estimate of drug-likeness (QED) is 0.505. The van der Waals surface area contributed by atoms with Crippen LogP contribution in [0.1, 0.15) is 22.9 Å². The van der Waals surface area contributed by atoms with Crippen molar-refractivity contribution >= 4 is 16.7 Å². The molecule has 0 bridgehead atoms. The number of aryl methyl sites for hydroxylation is 2. The van der Waals surface area contributed by atoms with Gasteiger partial charge in [0.15, 0.2) is 0 Å². The summed E-state index contributed by atoms with van der Waals surface area (Å²) in [5.41, 5.74) is 5.85. The molecule has 0 radical (unpaired) electrons. The van der Waals surface area contributed by atoms with E-state index in [0.717, 1.165) is 39.0 Å². The summed E-state index contributed by atoms with van der Waals surface area (Å²) >= 11 is 0. The maximum atomic E-state index is 9.82. The van der Waals surface area contributed by atoms with Gasteiger partial charge in [-0.05, 0) is 31.5 Å². The van der Waals surface area contributed by atoms with Gasteiger partial charge < -0.3 is 10.4 Å². The molecule has 0 spiro atoms. The van der Waals surface area contributed by atoms with Crippen LogP contribution in [0.5, 0.6) is 0 Å². The Morgan fingerprint density at radius 3 is 2.81 bits per heavy atom. The molecule has 0 aliphatic rings. The number of H-pyrrole nitrogens is 1. The third-order valence-electron chi connectivity index (χ3n) is 4.62. The van der Waals surface area contributed by atoms with Gasteiger partial charge in [0, 0.05) is 16.6 Å². The van der Waals surface area contributed by atoms with Crippen LogP contribution in [0.2, 0.25) is 0 Å². The van der Waals surface area contributed by atoms with Crippen molar-refractivity contribution in [1.29, 1.82) is 0 Å². The Morgan fingerprint density at radius 1 is 1.11 bits per heavy atom. The minimum Gasteiger partial charge on any atom is -0.394 e. The molecule has 1 atom stereocenters. The van der Waals surface area contributed by atoms with Gasteiger partial charge >= 0.3 is 0 Å². The van der Waals surface area contributed by atoms with E-state index in [9.17, 15) is 5.11 Å². The summed E-state index contributed by atoms with van der Waals surface area (Å²) in [4.78, 5) is 9.00. The molecule has 6 heteroatoms. The SMILES string of the molecule is Cc1cccc(C(CO)Nc2cncc(-c3ccc4n[nH]c(C)c4c3)n2)c1. The number of anilines is 1. The predicted octanol–water partition coefficient (Wildman–Crippen LogP) is 3.78. The predicted molar refractivity (Wildman–Crippen MR) is 106 cm³/mol. The van der Waals surface area contributed by atoms with Crippen LogP contribution in [0, 0.1) is 13.8 Å². The van der Waals surface area contributed by atoms with Gasteiger partial charge in [0.1, 0.15) is 5.82 Å². The highest BCUT2D eigenvalue weighted by Gasteiger charge is 2.12. The van der Waals surface area contributed by atoms with Gasteiger partial charge in [0.25, 0.3) is 0 Å². The van der Waals surface area contributed by atoms with E-state index < -0.39 is 0 Å². The van der Waals surface area contributed by atoms with E-state index in [2.05, 4.69) is 37.6 Å². The van der Waals surface area contributed by atoms with Crippen LogP contribution in [0.4, 0.5) is 5.82 Å². The highest BCUT2D eigenvalue weighted by molar-refractivity contribution is 5.85. The molecule has 2 aromatic heterocycles. The molecule has 1 unspecified atom stereocenters. The first-order valence-electron chi connectivity index (χ1n) is 8.85. The number of nitrogens with zero attached hydrogens (tertiary/aromatic N) is 3. The van der Waals surface area contributed by atoms with Gasteiger partial charge in [-0.15, -0.1) is 0 Å². The Morgan fingerprint density at radius 2 is 2.00 bits per heavy atom. The standard InChI is InChI=1S/C21H21N5O/c1-13-4-3-5-15(8-13)20(12-27)24-21-11-22-10-19(23-21)16-6-7-18-17(9-16)14(2)25-26-18/h3-11,20,27H,12H2,1-2H3,(H,23,24)(H,25,26). The average molecular weight is 359 g/mol. The molecule has 4 rings (SSSR count). The lowest BCUT2D eigenvalue weighted by Gasteiger charge is -2.18. The van der Waals surface area contributed by atoms with E-state index in [-0.39, 0.29) is 12.6 Å². The van der Waals surface area contributed by atoms with E-state index in [4.69, 9.17) is 0 Å². The summed E-state index contributed by atoms with van der Waals surface area (Å²) in [6, 6.07) is 13.8. The molecule has 27 heavy (non-hydrogen) atoms. The highest BCUT2D eigenvalue weighted by atomic mass is 16.3. The molecule has 0 saturated heterocycles. The highest BCUT2D eigenvalue weighted by Crippen LogP contribution is 2.25. The lowest BCUT2D eigenvalue weighted by Crippen LogP contribution is -2.16. The summed E-state index contributed by atoms with van der Waals surface area (Å²) in [6.45, 7) is 4.00. The van der Waals surface area contributed by atoms with E-state index in [1.54, 1.807) is 12.4 Å². The number of aliphatic hydroxyl groups excluding tert-OH is 1. The van der Waals surface area contributed by atoms with Crippen molar-refractivity contribution in [2.45, 2.75) is 19.9 Å². The first-order valence-corrected chi connectivity index (χ1v) is 8.85. The summed E-state index contributed by atoms with van der Waals surface area (Å²) in [5, 5.41) is 21.4. The molecule has 4 aromatic rings. The number of fused-ring (bicyclic) bond motifs is 1. The molecule has 0 aliphatic heterocycles. The molecule has 2 aromatic carbocycles. The third-order valence-corrected chi connectivity index (χ3v) is 4.62. The Bertz CT molecular complexity index is 1090. The number of aromatic amines is 1. The topological polar surface area (TPSA) is 86.7 Å². The zero-order valence-electron chi connectivity index (χ0n) is 15.3. The van der Waals surface area contributed by atoms with Crippen molar-refractivity contribution in [3.05, 3.63) is 71.7 Å². The summed E-state index contributed by atoms with van der Waals surface area (Å²) < 4.78 is 0. The van der Waals surface area contributed by atoms with E-state index in [1.807, 2.05) is 44.2 Å². The minimum absolute atomic E-state index is 0.0322. The van der Waals surface area contributed by atoms with Crippen LogP contribution in [0.15, 0.2) is 54.9 Å². The van der Waals surface area contributed by atoms with Crippen molar-refractivity contribution in [2.24, 2.45) is 0 Å². The molecule has 6 nitrogen and oxygen atoms in total. The third kappa shape index (κ3) is 3.52. The maximum absolute atomic E-state index is 9.82. The second-order valence-corrected chi connectivity index (χ2v) is 6.66. The fourth-order valence-electron chi connectivity index (χ4n) is 3.17. The second-order valence-electron chi connectivity index (χ2n) is 6.66. The van der Waals surface area contributed by atoms with Gasteiger partial charge in [-0.1, -0.05) is 35.9 Å². The molecule has 3 N–H and O–H groups in total. The molecule has 0 amide bonds. The minimum atomic E-state index is -0.243. The van der Waals surface area contributed by atoms with Gasteiger partial charge in [0.05, 0.1) is 36.3 Å². The number of aliphatic hydroxyl groups is 1. The Labute approximate surface area is 157 Å². The van der Waals surface area contributed by atoms with Crippen LogP contribution in [0.25, 0.3) is 22.2 Å². The van der Waals surface area contributed by atoms with Gasteiger partial charge in [-0.3, -0.25) is 10.1 Å². The first-order chi connectivity index (χ1) is 13.1. The lowest BCUT2D eigenvalue weighted by atomic mass is 10.1. The van der Waals surface area contributed by atoms with Crippen LogP contribution in [-0.4, -0.2) is 31.9 Å². The van der Waals surface area contributed by atoms with E-state index in [1.165, 1.54) is 0 Å². The van der Waals surface area contributed by atoms with Gasteiger partial charge in [0.2, 0.25) is 0 Å². The van der Waals surface area contributed by atoms with Gasteiger partial charge in [-0.25, -0.2) is 4.98 Å². The normalized spacial score (nSPS) is 12.3. The Hall–Kier alpha value is -3.25. The maximum Gasteiger partial charge on any atom is 0.145 e. The molecular formula is C21H21N5O. The first kappa shape index (κ1) is 17.2. The zero-order valence-corrected chi connectivity index (χ0v) is 15.3. The van der Waals surface area contributed by atoms with Crippen molar-refractivity contribution in [3.8, 4) is 11.3 Å². The molecule has 0 aliphatic carbocycles. The van der Waals surface area contributed by atoms with Crippen molar-refractivity contribution in [1.82, 2.24) is 20.2 Å². The number of benzene rings is 2. The fraction of sp³-hybridized carbons (Fsp3) is 0.190. The van der Waals surface area contributed by atoms with E-state index >= 15 is 0 Å². The Balaban J connectivity index is 1.64. The number of hydrogen-bond donors (Lipinski definition) is 3. The smallest absolute Gasteiger partial charge is 0.145 e. The van der Waals surface area contributed by atoms with E-state index in [0.29, 0.717) is 5.82 Å². The molecular weight excluding hydrogens is 338 g/mol. The van der Waals surface area contributed by atoms with Crippen molar-refractivity contribution in [2.75, 3.05) is 11.9 Å². The van der Waals surface area contributed by atoms with Crippen LogP contribution >= 0.6 is 0 Å². The van der Waals surface area contributed by atoms with Gasteiger partial charge in [-0.2, -0.15) is 5.10 Å². The number of nitrogens with one attached hydrogen (secondary N) is 2. The van der Waals surface area contributed by atoms with Crippen molar-refractivity contribution in [3.63, 3.8) is 0 Å². The summed E-state index contributed by atoms with van der Waals surface area (Å²) in [5.74, 6) is 0.622. The molecule has 136 valence electrons.